The molecule has 0 aromatic carbocycles. The molecule has 0 amide bonds. The molecule has 1 aliphatic carbocycles. The second-order valence-corrected chi connectivity index (χ2v) is 3.27. The van der Waals surface area contributed by atoms with Gasteiger partial charge in [-0.25, -0.2) is 0 Å². The minimum absolute atomic E-state index is 0.280. The lowest BCUT2D eigenvalue weighted by molar-refractivity contribution is -0.137. The van der Waals surface area contributed by atoms with Crippen molar-refractivity contribution in [1.29, 1.82) is 0 Å². The van der Waals surface area contributed by atoms with Gasteiger partial charge in [0.2, 0.25) is 0 Å². The van der Waals surface area contributed by atoms with E-state index in [0.717, 1.165) is 12.5 Å². The van der Waals surface area contributed by atoms with Crippen molar-refractivity contribution >= 4 is 5.97 Å². The molecule has 3 heteroatoms. The Bertz CT molecular complexity index is 169. The molecule has 56 valence electrons. The molecule has 1 saturated heterocycles. The van der Waals surface area contributed by atoms with Crippen LogP contribution in [0.2, 0.25) is 0 Å². The minimum atomic E-state index is -0.676. The predicted octanol–water partition coefficient (Wildman–Crippen LogP) is 0.0690. The Morgan fingerprint density at radius 3 is 2.90 bits per heavy atom. The molecular formula is C7H11NO2. The van der Waals surface area contributed by atoms with Crippen LogP contribution in [0.25, 0.3) is 0 Å². The average Bonchev–Trinajstić information content (AvgIpc) is 2.52. The quantitative estimate of drug-likeness (QED) is 0.572. The summed E-state index contributed by atoms with van der Waals surface area (Å²) < 4.78 is 0. The Morgan fingerprint density at radius 2 is 2.50 bits per heavy atom. The van der Waals surface area contributed by atoms with Crippen molar-refractivity contribution in [3.63, 3.8) is 0 Å². The zero-order chi connectivity index (χ0) is 7.14. The highest BCUT2D eigenvalue weighted by Crippen LogP contribution is 2.45. The van der Waals surface area contributed by atoms with E-state index in [1.807, 2.05) is 0 Å². The van der Waals surface area contributed by atoms with E-state index in [1.54, 1.807) is 0 Å². The first-order valence-electron chi connectivity index (χ1n) is 3.72. The molecule has 0 radical (unpaired) electrons. The van der Waals surface area contributed by atoms with Gasteiger partial charge in [0.05, 0.1) is 6.42 Å². The molecule has 2 N–H and O–H groups in total. The van der Waals surface area contributed by atoms with Crippen LogP contribution in [0.3, 0.4) is 0 Å². The highest BCUT2D eigenvalue weighted by molar-refractivity contribution is 5.67. The molecule has 0 bridgehead atoms. The van der Waals surface area contributed by atoms with Gasteiger partial charge in [-0.1, -0.05) is 0 Å². The van der Waals surface area contributed by atoms with Gasteiger partial charge in [-0.3, -0.25) is 4.79 Å². The largest absolute Gasteiger partial charge is 0.481 e. The van der Waals surface area contributed by atoms with Crippen LogP contribution < -0.4 is 5.32 Å². The number of carboxylic acid groups (broad SMARTS) is 1. The van der Waals surface area contributed by atoms with Crippen molar-refractivity contribution < 1.29 is 9.90 Å². The number of hydrogen-bond donors (Lipinski definition) is 2. The first-order chi connectivity index (χ1) is 4.77. The number of carboxylic acids is 1. The Hall–Kier alpha value is -0.570. The maximum atomic E-state index is 10.3. The molecule has 10 heavy (non-hydrogen) atoms. The predicted molar refractivity (Wildman–Crippen MR) is 35.6 cm³/mol. The highest BCUT2D eigenvalue weighted by atomic mass is 16.4. The molecule has 0 aromatic heterocycles. The first-order valence-corrected chi connectivity index (χ1v) is 3.72. The van der Waals surface area contributed by atoms with E-state index < -0.39 is 5.97 Å². The fourth-order valence-corrected chi connectivity index (χ4v) is 1.86. The summed E-state index contributed by atoms with van der Waals surface area (Å²) in [6, 6.07) is 0.280. The van der Waals surface area contributed by atoms with E-state index in [-0.39, 0.29) is 6.04 Å². The molecule has 3 nitrogen and oxygen atoms in total. The second-order valence-electron chi connectivity index (χ2n) is 3.27. The highest BCUT2D eigenvalue weighted by Gasteiger charge is 2.48. The standard InChI is InChI=1S/C7H11NO2/c9-7(10)2-6-5-1-4(5)3-8-6/h4-6,8H,1-3H2,(H,9,10). The maximum Gasteiger partial charge on any atom is 0.304 e. The summed E-state index contributed by atoms with van der Waals surface area (Å²) in [7, 11) is 0. The molecule has 3 atom stereocenters. The van der Waals surface area contributed by atoms with Crippen LogP contribution in [0, 0.1) is 11.8 Å². The summed E-state index contributed by atoms with van der Waals surface area (Å²) in [5, 5.41) is 11.7. The van der Waals surface area contributed by atoms with Crippen molar-refractivity contribution in [2.24, 2.45) is 11.8 Å². The second kappa shape index (κ2) is 1.95. The summed E-state index contributed by atoms with van der Waals surface area (Å²) in [6.07, 6.45) is 1.56. The summed E-state index contributed by atoms with van der Waals surface area (Å²) in [5.41, 5.74) is 0. The number of fused-ring (bicyclic) bond motifs is 1. The van der Waals surface area contributed by atoms with Crippen LogP contribution in [0.4, 0.5) is 0 Å². The first kappa shape index (κ1) is 6.16. The fraction of sp³-hybridized carbons (Fsp3) is 0.857. The van der Waals surface area contributed by atoms with Crippen molar-refractivity contribution in [1.82, 2.24) is 5.32 Å². The minimum Gasteiger partial charge on any atom is -0.481 e. The van der Waals surface area contributed by atoms with Gasteiger partial charge in [-0.2, -0.15) is 0 Å². The number of aliphatic carboxylic acids is 1. The van der Waals surface area contributed by atoms with Crippen LogP contribution in [-0.2, 0) is 4.79 Å². The topological polar surface area (TPSA) is 49.3 Å². The van der Waals surface area contributed by atoms with Crippen LogP contribution in [0.15, 0.2) is 0 Å². The molecule has 1 aliphatic heterocycles. The number of rotatable bonds is 2. The number of nitrogens with one attached hydrogen (secondary N) is 1. The van der Waals surface area contributed by atoms with Crippen molar-refractivity contribution in [3.8, 4) is 0 Å². The van der Waals surface area contributed by atoms with Gasteiger partial charge in [0, 0.05) is 6.04 Å². The number of carbonyl (C=O) groups is 1. The van der Waals surface area contributed by atoms with Gasteiger partial charge in [-0.05, 0) is 24.8 Å². The molecule has 1 heterocycles. The Labute approximate surface area is 59.4 Å². The zero-order valence-corrected chi connectivity index (χ0v) is 5.71. The van der Waals surface area contributed by atoms with Gasteiger partial charge in [-0.15, -0.1) is 0 Å². The van der Waals surface area contributed by atoms with E-state index >= 15 is 0 Å². The Balaban J connectivity index is 1.88. The normalized spacial score (nSPS) is 43.0. The molecule has 2 rings (SSSR count). The number of hydrogen-bond acceptors (Lipinski definition) is 2. The van der Waals surface area contributed by atoms with Crippen LogP contribution >= 0.6 is 0 Å². The molecule has 1 saturated carbocycles. The lowest BCUT2D eigenvalue weighted by atomic mass is 10.1. The average molecular weight is 141 g/mol. The summed E-state index contributed by atoms with van der Waals surface area (Å²) >= 11 is 0. The maximum absolute atomic E-state index is 10.3. The van der Waals surface area contributed by atoms with Gasteiger partial charge in [0.1, 0.15) is 0 Å². The van der Waals surface area contributed by atoms with E-state index in [9.17, 15) is 4.79 Å². The van der Waals surface area contributed by atoms with E-state index in [0.29, 0.717) is 12.3 Å². The van der Waals surface area contributed by atoms with Gasteiger partial charge < -0.3 is 10.4 Å². The smallest absolute Gasteiger partial charge is 0.304 e. The van der Waals surface area contributed by atoms with Crippen LogP contribution in [-0.4, -0.2) is 23.7 Å². The summed E-state index contributed by atoms with van der Waals surface area (Å²) in [6.45, 7) is 1.04. The number of piperidine rings is 1. The van der Waals surface area contributed by atoms with Crippen molar-refractivity contribution in [2.75, 3.05) is 6.54 Å². The van der Waals surface area contributed by atoms with E-state index in [4.69, 9.17) is 5.11 Å². The Morgan fingerprint density at radius 1 is 1.70 bits per heavy atom. The van der Waals surface area contributed by atoms with E-state index in [2.05, 4.69) is 5.32 Å². The molecule has 2 aliphatic rings. The van der Waals surface area contributed by atoms with Gasteiger partial charge in [0.25, 0.3) is 0 Å². The molecular weight excluding hydrogens is 130 g/mol. The van der Waals surface area contributed by atoms with Crippen LogP contribution in [0.5, 0.6) is 0 Å². The zero-order valence-electron chi connectivity index (χ0n) is 5.71. The molecule has 0 aromatic rings. The van der Waals surface area contributed by atoms with Crippen LogP contribution in [0.1, 0.15) is 12.8 Å². The monoisotopic (exact) mass is 141 g/mol. The summed E-state index contributed by atoms with van der Waals surface area (Å²) in [4.78, 5) is 10.3. The van der Waals surface area contributed by atoms with Crippen molar-refractivity contribution in [3.05, 3.63) is 0 Å². The lowest BCUT2D eigenvalue weighted by Gasteiger charge is -2.08. The summed E-state index contributed by atoms with van der Waals surface area (Å²) in [5.74, 6) is 0.825. The third kappa shape index (κ3) is 0.904. The van der Waals surface area contributed by atoms with Gasteiger partial charge >= 0.3 is 5.97 Å². The fourth-order valence-electron chi connectivity index (χ4n) is 1.86. The SMILES string of the molecule is O=C(O)CC1NCC2CC21. The molecule has 0 spiro atoms. The lowest BCUT2D eigenvalue weighted by Crippen LogP contribution is -2.28. The third-order valence-electron chi connectivity index (χ3n) is 2.53. The third-order valence-corrected chi connectivity index (χ3v) is 2.53. The van der Waals surface area contributed by atoms with Gasteiger partial charge in [0.15, 0.2) is 0 Å². The van der Waals surface area contributed by atoms with E-state index in [1.165, 1.54) is 6.42 Å². The Kier molecular flexibility index (Phi) is 1.20. The molecule has 3 unspecified atom stereocenters. The van der Waals surface area contributed by atoms with Crippen molar-refractivity contribution in [2.45, 2.75) is 18.9 Å². The molecule has 2 fully saturated rings.